The largest absolute Gasteiger partial charge is 0.481 e. The van der Waals surface area contributed by atoms with Crippen LogP contribution in [0.5, 0.6) is 5.75 Å². The molecule has 0 radical (unpaired) electrons. The molecule has 0 bridgehead atoms. The number of hydrogen-bond acceptors (Lipinski definition) is 4. The van der Waals surface area contributed by atoms with Gasteiger partial charge in [-0.3, -0.25) is 0 Å². The minimum atomic E-state index is -0.277. The molecule has 0 fully saturated rings. The molecule has 0 spiro atoms. The Hall–Kier alpha value is -2.14. The highest BCUT2D eigenvalue weighted by atomic mass is 19.1. The Bertz CT molecular complexity index is 655. The fourth-order valence-electron chi connectivity index (χ4n) is 2.31. The minimum absolute atomic E-state index is 0.0796. The van der Waals surface area contributed by atoms with Crippen molar-refractivity contribution in [3.05, 3.63) is 54.2 Å². The average molecular weight is 378 g/mol. The van der Waals surface area contributed by atoms with Crippen LogP contribution in [0.1, 0.15) is 52.0 Å². The summed E-state index contributed by atoms with van der Waals surface area (Å²) in [7, 11) is 1.56. The fraction of sp³-hybridized carbons (Fsp3) is 0.500. The SMILES string of the molecule is C=C/C(=N\C(=C/C(C)CC)OC)Oc1ccc(F)c(C(C)COCCC)c1. The maximum Gasteiger partial charge on any atom is 0.221 e. The van der Waals surface area contributed by atoms with Gasteiger partial charge in [-0.15, -0.1) is 0 Å². The molecule has 1 rings (SSSR count). The second-order valence-electron chi connectivity index (χ2n) is 6.51. The Balaban J connectivity index is 2.98. The highest BCUT2D eigenvalue weighted by molar-refractivity contribution is 5.89. The van der Waals surface area contributed by atoms with Gasteiger partial charge in [-0.2, -0.15) is 4.99 Å². The molecular formula is C22H32FNO3. The quantitative estimate of drug-likeness (QED) is 0.210. The lowest BCUT2D eigenvalue weighted by Crippen LogP contribution is -2.09. The van der Waals surface area contributed by atoms with E-state index in [1.54, 1.807) is 19.2 Å². The second kappa shape index (κ2) is 12.3. The smallest absolute Gasteiger partial charge is 0.221 e. The zero-order valence-corrected chi connectivity index (χ0v) is 17.1. The molecule has 150 valence electrons. The van der Waals surface area contributed by atoms with Crippen LogP contribution in [0.4, 0.5) is 4.39 Å². The number of ether oxygens (including phenoxy) is 3. The van der Waals surface area contributed by atoms with E-state index < -0.39 is 0 Å². The highest BCUT2D eigenvalue weighted by Gasteiger charge is 2.13. The molecule has 0 heterocycles. The number of aliphatic imine (C=N–C) groups is 1. The third-order valence-corrected chi connectivity index (χ3v) is 4.11. The molecule has 1 aromatic carbocycles. The average Bonchev–Trinajstić information content (AvgIpc) is 2.67. The summed E-state index contributed by atoms with van der Waals surface area (Å²) in [4.78, 5) is 4.35. The van der Waals surface area contributed by atoms with Gasteiger partial charge in [0.15, 0.2) is 0 Å². The normalized spacial score (nSPS) is 14.6. The molecule has 0 amide bonds. The Morgan fingerprint density at radius 2 is 2.04 bits per heavy atom. The maximum atomic E-state index is 14.2. The van der Waals surface area contributed by atoms with Crippen LogP contribution in [0.15, 0.2) is 47.8 Å². The van der Waals surface area contributed by atoms with E-state index in [1.807, 2.05) is 19.9 Å². The lowest BCUT2D eigenvalue weighted by atomic mass is 10.0. The number of hydrogen-bond donors (Lipinski definition) is 0. The van der Waals surface area contributed by atoms with E-state index in [4.69, 9.17) is 14.2 Å². The molecule has 0 aliphatic rings. The molecule has 2 unspecified atom stereocenters. The van der Waals surface area contributed by atoms with Crippen LogP contribution >= 0.6 is 0 Å². The van der Waals surface area contributed by atoms with Crippen LogP contribution in [-0.4, -0.2) is 26.2 Å². The Morgan fingerprint density at radius 1 is 1.30 bits per heavy atom. The van der Waals surface area contributed by atoms with Crippen LogP contribution in [0.25, 0.3) is 0 Å². The zero-order valence-electron chi connectivity index (χ0n) is 17.1. The van der Waals surface area contributed by atoms with Gasteiger partial charge in [0.2, 0.25) is 11.8 Å². The van der Waals surface area contributed by atoms with E-state index in [0.717, 1.165) is 12.8 Å². The van der Waals surface area contributed by atoms with E-state index in [1.165, 1.54) is 12.1 Å². The Morgan fingerprint density at radius 3 is 2.63 bits per heavy atom. The van der Waals surface area contributed by atoms with Crippen molar-refractivity contribution in [2.75, 3.05) is 20.3 Å². The number of rotatable bonds is 11. The van der Waals surface area contributed by atoms with Crippen LogP contribution in [0.2, 0.25) is 0 Å². The predicted octanol–water partition coefficient (Wildman–Crippen LogP) is 5.85. The molecule has 0 aliphatic heterocycles. The number of benzene rings is 1. The molecule has 0 saturated heterocycles. The van der Waals surface area contributed by atoms with Crippen molar-refractivity contribution in [1.82, 2.24) is 0 Å². The van der Waals surface area contributed by atoms with E-state index in [9.17, 15) is 4.39 Å². The van der Waals surface area contributed by atoms with E-state index in [2.05, 4.69) is 25.4 Å². The van der Waals surface area contributed by atoms with Gasteiger partial charge >= 0.3 is 0 Å². The van der Waals surface area contributed by atoms with Gasteiger partial charge in [0.25, 0.3) is 0 Å². The van der Waals surface area contributed by atoms with Crippen molar-refractivity contribution < 1.29 is 18.6 Å². The van der Waals surface area contributed by atoms with Crippen molar-refractivity contribution in [1.29, 1.82) is 0 Å². The van der Waals surface area contributed by atoms with Crippen molar-refractivity contribution in [3.8, 4) is 5.75 Å². The third-order valence-electron chi connectivity index (χ3n) is 4.11. The van der Waals surface area contributed by atoms with E-state index in [0.29, 0.717) is 42.2 Å². The molecule has 4 nitrogen and oxygen atoms in total. The number of halogens is 1. The number of allylic oxidation sites excluding steroid dienone is 1. The van der Waals surface area contributed by atoms with Crippen molar-refractivity contribution in [2.24, 2.45) is 10.9 Å². The monoisotopic (exact) mass is 377 g/mol. The first-order valence-corrected chi connectivity index (χ1v) is 9.47. The van der Waals surface area contributed by atoms with E-state index >= 15 is 0 Å². The molecule has 0 aromatic heterocycles. The molecule has 27 heavy (non-hydrogen) atoms. The van der Waals surface area contributed by atoms with Crippen molar-refractivity contribution in [3.63, 3.8) is 0 Å². The lowest BCUT2D eigenvalue weighted by molar-refractivity contribution is 0.123. The summed E-state index contributed by atoms with van der Waals surface area (Å²) in [6.45, 7) is 13.0. The van der Waals surface area contributed by atoms with E-state index in [-0.39, 0.29) is 11.7 Å². The second-order valence-corrected chi connectivity index (χ2v) is 6.51. The van der Waals surface area contributed by atoms with Crippen LogP contribution in [0.3, 0.4) is 0 Å². The van der Waals surface area contributed by atoms with Gasteiger partial charge in [-0.05, 0) is 54.7 Å². The molecule has 0 N–H and O–H groups in total. The van der Waals surface area contributed by atoms with Crippen molar-refractivity contribution >= 4 is 5.90 Å². The summed E-state index contributed by atoms with van der Waals surface area (Å²) in [5.41, 5.74) is 0.550. The summed E-state index contributed by atoms with van der Waals surface area (Å²) in [6.07, 6.45) is 5.34. The lowest BCUT2D eigenvalue weighted by Gasteiger charge is -2.15. The number of nitrogens with zero attached hydrogens (tertiary/aromatic N) is 1. The zero-order chi connectivity index (χ0) is 20.2. The van der Waals surface area contributed by atoms with Gasteiger partial charge in [-0.25, -0.2) is 4.39 Å². The fourth-order valence-corrected chi connectivity index (χ4v) is 2.31. The first-order valence-electron chi connectivity index (χ1n) is 9.47. The first-order chi connectivity index (χ1) is 12.9. The molecule has 5 heteroatoms. The van der Waals surface area contributed by atoms with Crippen molar-refractivity contribution in [2.45, 2.75) is 46.5 Å². The van der Waals surface area contributed by atoms with Gasteiger partial charge < -0.3 is 14.2 Å². The molecule has 0 saturated carbocycles. The topological polar surface area (TPSA) is 40.0 Å². The summed E-state index contributed by atoms with van der Waals surface area (Å²) >= 11 is 0. The predicted molar refractivity (Wildman–Crippen MR) is 109 cm³/mol. The summed E-state index contributed by atoms with van der Waals surface area (Å²) in [5.74, 6) is 1.22. The Labute approximate surface area is 162 Å². The van der Waals surface area contributed by atoms with Gasteiger partial charge in [0, 0.05) is 12.5 Å². The summed E-state index contributed by atoms with van der Waals surface area (Å²) in [6, 6.07) is 4.65. The maximum absolute atomic E-state index is 14.2. The highest BCUT2D eigenvalue weighted by Crippen LogP contribution is 2.25. The third kappa shape index (κ3) is 7.95. The Kier molecular flexibility index (Phi) is 10.4. The first kappa shape index (κ1) is 22.9. The standard InChI is InChI=1S/C22H32FNO3/c1-7-12-26-15-17(5)19-14-18(10-11-20(19)23)27-21(9-3)24-22(25-6)13-16(4)8-2/h9-11,13-14,16-17H,3,7-8,12,15H2,1-2,4-6H3/b22-13+,24-21+. The molecule has 1 aromatic rings. The molecule has 0 aliphatic carbocycles. The summed E-state index contributed by atoms with van der Waals surface area (Å²) < 4.78 is 30.8. The van der Waals surface area contributed by atoms with Gasteiger partial charge in [0.1, 0.15) is 11.6 Å². The van der Waals surface area contributed by atoms with Gasteiger partial charge in [-0.1, -0.05) is 34.3 Å². The molecular weight excluding hydrogens is 345 g/mol. The number of methoxy groups -OCH3 is 1. The van der Waals surface area contributed by atoms with Gasteiger partial charge in [0.05, 0.1) is 13.7 Å². The summed E-state index contributed by atoms with van der Waals surface area (Å²) in [5, 5.41) is 0. The van der Waals surface area contributed by atoms with Crippen LogP contribution in [-0.2, 0) is 9.47 Å². The van der Waals surface area contributed by atoms with Crippen LogP contribution < -0.4 is 4.74 Å². The van der Waals surface area contributed by atoms with Crippen LogP contribution in [0, 0.1) is 11.7 Å². The molecule has 2 atom stereocenters. The minimum Gasteiger partial charge on any atom is -0.481 e.